The van der Waals surface area contributed by atoms with Crippen molar-refractivity contribution in [3.8, 4) is 22.1 Å². The number of aryl methyl sites for hydroxylation is 1. The van der Waals surface area contributed by atoms with Crippen LogP contribution in [0.5, 0.6) is 11.5 Å². The monoisotopic (exact) mass is 311 g/mol. The molecule has 0 saturated carbocycles. The first-order chi connectivity index (χ1) is 8.36. The number of alkyl halides is 1. The number of hydrogen-bond donors (Lipinski definition) is 0. The summed E-state index contributed by atoms with van der Waals surface area (Å²) in [5.41, 5.74) is 2.21. The minimum absolute atomic E-state index is 0.311. The van der Waals surface area contributed by atoms with Crippen LogP contribution in [0.25, 0.3) is 10.6 Å². The number of rotatable bonds is 3. The molecule has 0 saturated heterocycles. The van der Waals surface area contributed by atoms with E-state index < -0.39 is 0 Å². The van der Waals surface area contributed by atoms with Gasteiger partial charge in [0.25, 0.3) is 0 Å². The maximum Gasteiger partial charge on any atom is 0.231 e. The van der Waals surface area contributed by atoms with Gasteiger partial charge in [-0.2, -0.15) is 0 Å². The molecule has 0 aliphatic carbocycles. The van der Waals surface area contributed by atoms with Crippen LogP contribution in [0.3, 0.4) is 0 Å². The van der Waals surface area contributed by atoms with E-state index in [0.29, 0.717) is 6.79 Å². The van der Waals surface area contributed by atoms with Crippen molar-refractivity contribution in [2.24, 2.45) is 0 Å². The maximum absolute atomic E-state index is 5.36. The van der Waals surface area contributed by atoms with Crippen molar-refractivity contribution in [2.75, 3.05) is 12.1 Å². The van der Waals surface area contributed by atoms with E-state index in [1.807, 2.05) is 18.2 Å². The zero-order chi connectivity index (χ0) is 11.7. The van der Waals surface area contributed by atoms with E-state index in [4.69, 9.17) is 9.47 Å². The molecule has 3 rings (SSSR count). The first-order valence-corrected chi connectivity index (χ1v) is 7.27. The molecule has 1 aromatic heterocycles. The highest BCUT2D eigenvalue weighted by Crippen LogP contribution is 2.36. The van der Waals surface area contributed by atoms with Crippen LogP contribution in [0.2, 0.25) is 0 Å². The number of aromatic nitrogens is 1. The lowest BCUT2D eigenvalue weighted by atomic mass is 10.2. The van der Waals surface area contributed by atoms with Gasteiger partial charge in [-0.05, 0) is 18.2 Å². The zero-order valence-electron chi connectivity index (χ0n) is 8.98. The Bertz CT molecular complexity index is 541. The summed E-state index contributed by atoms with van der Waals surface area (Å²) in [6.45, 7) is 0.311. The highest BCUT2D eigenvalue weighted by Gasteiger charge is 2.15. The molecule has 0 unspecified atom stereocenters. The molecular weight excluding hydrogens is 302 g/mol. The van der Waals surface area contributed by atoms with E-state index in [-0.39, 0.29) is 0 Å². The van der Waals surface area contributed by atoms with Crippen molar-refractivity contribution in [1.29, 1.82) is 0 Å². The summed E-state index contributed by atoms with van der Waals surface area (Å²) in [6, 6.07) is 5.94. The second kappa shape index (κ2) is 4.66. The fraction of sp³-hybridized carbons (Fsp3) is 0.250. The predicted octanol–water partition coefficient (Wildman–Crippen LogP) is 3.48. The summed E-state index contributed by atoms with van der Waals surface area (Å²) in [4.78, 5) is 4.59. The minimum Gasteiger partial charge on any atom is -0.454 e. The quantitative estimate of drug-likeness (QED) is 0.813. The third-order valence-corrected chi connectivity index (χ3v) is 3.86. The number of nitrogens with zero attached hydrogens (tertiary/aromatic N) is 1. The number of thiazole rings is 1. The van der Waals surface area contributed by atoms with E-state index in [1.54, 1.807) is 11.3 Å². The second-order valence-electron chi connectivity index (χ2n) is 3.65. The lowest BCUT2D eigenvalue weighted by Crippen LogP contribution is -1.92. The van der Waals surface area contributed by atoms with Crippen LogP contribution in [0.15, 0.2) is 23.6 Å². The Kier molecular flexibility index (Phi) is 3.03. The standard InChI is InChI=1S/C12H10BrNO2S/c13-4-3-9-6-17-12(14-9)8-1-2-10-11(5-8)16-7-15-10/h1-2,5-6H,3-4,7H2. The smallest absolute Gasteiger partial charge is 0.231 e. The molecular formula is C12H10BrNO2S. The van der Waals surface area contributed by atoms with Gasteiger partial charge in [0.05, 0.1) is 5.69 Å². The van der Waals surface area contributed by atoms with Crippen LogP contribution in [0.1, 0.15) is 5.69 Å². The molecule has 0 amide bonds. The number of hydrogen-bond acceptors (Lipinski definition) is 4. The summed E-state index contributed by atoms with van der Waals surface area (Å²) in [5.74, 6) is 1.62. The average molecular weight is 312 g/mol. The van der Waals surface area contributed by atoms with Crippen LogP contribution in [-0.4, -0.2) is 17.1 Å². The Hall–Kier alpha value is -1.07. The Labute approximate surface area is 112 Å². The topological polar surface area (TPSA) is 31.4 Å². The van der Waals surface area contributed by atoms with E-state index in [0.717, 1.165) is 39.5 Å². The molecule has 0 radical (unpaired) electrons. The Balaban J connectivity index is 1.92. The number of fused-ring (bicyclic) bond motifs is 1. The highest BCUT2D eigenvalue weighted by molar-refractivity contribution is 9.09. The highest BCUT2D eigenvalue weighted by atomic mass is 79.9. The van der Waals surface area contributed by atoms with Crippen molar-refractivity contribution >= 4 is 27.3 Å². The first-order valence-electron chi connectivity index (χ1n) is 5.27. The summed E-state index contributed by atoms with van der Waals surface area (Å²) < 4.78 is 10.6. The molecule has 88 valence electrons. The van der Waals surface area contributed by atoms with Gasteiger partial charge in [-0.3, -0.25) is 0 Å². The predicted molar refractivity (Wildman–Crippen MR) is 71.2 cm³/mol. The minimum atomic E-state index is 0.311. The van der Waals surface area contributed by atoms with Gasteiger partial charge in [-0.15, -0.1) is 11.3 Å². The summed E-state index contributed by atoms with van der Waals surface area (Å²) in [7, 11) is 0. The summed E-state index contributed by atoms with van der Waals surface area (Å²) in [6.07, 6.45) is 0.959. The average Bonchev–Trinajstić information content (AvgIpc) is 2.96. The van der Waals surface area contributed by atoms with Crippen LogP contribution < -0.4 is 9.47 Å². The van der Waals surface area contributed by atoms with Crippen molar-refractivity contribution in [3.63, 3.8) is 0 Å². The lowest BCUT2D eigenvalue weighted by Gasteiger charge is -1.99. The van der Waals surface area contributed by atoms with E-state index in [2.05, 4.69) is 26.3 Å². The van der Waals surface area contributed by atoms with Crippen molar-refractivity contribution < 1.29 is 9.47 Å². The molecule has 2 aromatic rings. The number of benzene rings is 1. The lowest BCUT2D eigenvalue weighted by molar-refractivity contribution is 0.174. The molecule has 0 N–H and O–H groups in total. The number of ether oxygens (including phenoxy) is 2. The van der Waals surface area contributed by atoms with Crippen LogP contribution >= 0.6 is 27.3 Å². The van der Waals surface area contributed by atoms with Gasteiger partial charge in [0.2, 0.25) is 6.79 Å². The van der Waals surface area contributed by atoms with Gasteiger partial charge < -0.3 is 9.47 Å². The molecule has 3 nitrogen and oxygen atoms in total. The van der Waals surface area contributed by atoms with E-state index in [9.17, 15) is 0 Å². The second-order valence-corrected chi connectivity index (χ2v) is 5.30. The molecule has 17 heavy (non-hydrogen) atoms. The van der Waals surface area contributed by atoms with Crippen molar-refractivity contribution in [1.82, 2.24) is 4.98 Å². The van der Waals surface area contributed by atoms with Gasteiger partial charge in [0.15, 0.2) is 11.5 Å². The third kappa shape index (κ3) is 2.17. The van der Waals surface area contributed by atoms with E-state index >= 15 is 0 Å². The van der Waals surface area contributed by atoms with Gasteiger partial charge in [0, 0.05) is 22.7 Å². The molecule has 2 heterocycles. The molecule has 0 bridgehead atoms. The zero-order valence-corrected chi connectivity index (χ0v) is 11.4. The summed E-state index contributed by atoms with van der Waals surface area (Å²) >= 11 is 5.08. The van der Waals surface area contributed by atoms with Crippen molar-refractivity contribution in [3.05, 3.63) is 29.3 Å². The Morgan fingerprint density at radius 2 is 2.18 bits per heavy atom. The normalized spacial score (nSPS) is 13.0. The van der Waals surface area contributed by atoms with E-state index in [1.165, 1.54) is 0 Å². The fourth-order valence-electron chi connectivity index (χ4n) is 1.68. The molecule has 0 fully saturated rings. The van der Waals surface area contributed by atoms with Gasteiger partial charge in [-0.1, -0.05) is 15.9 Å². The number of halogens is 1. The SMILES string of the molecule is BrCCc1csc(-c2ccc3c(c2)OCO3)n1. The summed E-state index contributed by atoms with van der Waals surface area (Å²) in [5, 5.41) is 4.07. The Morgan fingerprint density at radius 1 is 1.29 bits per heavy atom. The van der Waals surface area contributed by atoms with Crippen LogP contribution in [-0.2, 0) is 6.42 Å². The fourth-order valence-corrected chi connectivity index (χ4v) is 2.94. The van der Waals surface area contributed by atoms with Gasteiger partial charge in [-0.25, -0.2) is 4.98 Å². The molecule has 1 aromatic carbocycles. The largest absolute Gasteiger partial charge is 0.454 e. The van der Waals surface area contributed by atoms with Crippen molar-refractivity contribution in [2.45, 2.75) is 6.42 Å². The molecule has 0 spiro atoms. The maximum atomic E-state index is 5.36. The third-order valence-electron chi connectivity index (χ3n) is 2.52. The van der Waals surface area contributed by atoms with Gasteiger partial charge in [0.1, 0.15) is 5.01 Å². The first kappa shape index (κ1) is 11.0. The molecule has 1 aliphatic heterocycles. The molecule has 1 aliphatic rings. The van der Waals surface area contributed by atoms with Crippen LogP contribution in [0.4, 0.5) is 0 Å². The molecule has 5 heteroatoms. The molecule has 0 atom stereocenters. The van der Waals surface area contributed by atoms with Gasteiger partial charge >= 0.3 is 0 Å². The van der Waals surface area contributed by atoms with Crippen LogP contribution in [0, 0.1) is 0 Å². The Morgan fingerprint density at radius 3 is 3.06 bits per heavy atom.